The summed E-state index contributed by atoms with van der Waals surface area (Å²) in [6.45, 7) is 1.70. The summed E-state index contributed by atoms with van der Waals surface area (Å²) < 4.78 is 41.5. The second-order valence-electron chi connectivity index (χ2n) is 6.70. The number of halogens is 4. The molecular weight excluding hydrogens is 411 g/mol. The number of hydrogen-bond acceptors (Lipinski definition) is 4. The lowest BCUT2D eigenvalue weighted by Crippen LogP contribution is -2.43. The predicted octanol–water partition coefficient (Wildman–Crippen LogP) is 3.44. The van der Waals surface area contributed by atoms with Gasteiger partial charge < -0.3 is 15.3 Å². The average Bonchev–Trinajstić information content (AvgIpc) is 2.67. The summed E-state index contributed by atoms with van der Waals surface area (Å²) >= 11 is 5.77. The van der Waals surface area contributed by atoms with Gasteiger partial charge in [0.1, 0.15) is 5.75 Å². The van der Waals surface area contributed by atoms with Gasteiger partial charge in [-0.05, 0) is 31.0 Å². The third-order valence-electron chi connectivity index (χ3n) is 4.74. The number of amides is 1. The smallest absolute Gasteiger partial charge is 0.573 e. The summed E-state index contributed by atoms with van der Waals surface area (Å²) in [6, 6.07) is 8.71. The molecule has 0 unspecified atom stereocenters. The number of alkyl halides is 3. The molecule has 29 heavy (non-hydrogen) atoms. The molecule has 0 aliphatic carbocycles. The van der Waals surface area contributed by atoms with Gasteiger partial charge in [0, 0.05) is 36.7 Å². The molecule has 0 atom stereocenters. The van der Waals surface area contributed by atoms with Crippen molar-refractivity contribution in [2.45, 2.75) is 25.1 Å². The first-order valence-corrected chi connectivity index (χ1v) is 9.34. The van der Waals surface area contributed by atoms with E-state index in [1.165, 1.54) is 12.3 Å². The number of piperidine rings is 1. The fourth-order valence-corrected chi connectivity index (χ4v) is 3.50. The van der Waals surface area contributed by atoms with Gasteiger partial charge in [0.2, 0.25) is 0 Å². The molecular formula is C19H19ClF3N3O3. The van der Waals surface area contributed by atoms with Crippen LogP contribution in [0.25, 0.3) is 0 Å². The average molecular weight is 430 g/mol. The van der Waals surface area contributed by atoms with E-state index in [0.717, 1.165) is 35.4 Å². The zero-order valence-electron chi connectivity index (χ0n) is 15.3. The molecule has 1 fully saturated rings. The maximum atomic E-state index is 12.3. The van der Waals surface area contributed by atoms with Crippen LogP contribution < -0.4 is 14.8 Å². The molecule has 1 N–H and O–H groups in total. The van der Waals surface area contributed by atoms with Crippen LogP contribution in [-0.2, 0) is 0 Å². The van der Waals surface area contributed by atoms with E-state index in [2.05, 4.69) is 10.1 Å². The Kier molecular flexibility index (Phi) is 6.49. The Balaban J connectivity index is 1.50. The van der Waals surface area contributed by atoms with Crippen LogP contribution in [0.15, 0.2) is 42.6 Å². The van der Waals surface area contributed by atoms with E-state index in [1.54, 1.807) is 6.07 Å². The zero-order chi connectivity index (χ0) is 21.0. The van der Waals surface area contributed by atoms with Gasteiger partial charge in [0.05, 0.1) is 11.7 Å². The molecule has 1 aromatic carbocycles. The van der Waals surface area contributed by atoms with E-state index in [0.29, 0.717) is 13.1 Å². The first-order chi connectivity index (χ1) is 13.7. The normalized spacial score (nSPS) is 15.9. The Hall–Kier alpha value is -2.52. The third kappa shape index (κ3) is 5.74. The predicted molar refractivity (Wildman–Crippen MR) is 99.4 cm³/mol. The number of likely N-dealkylation sites (tertiary alicyclic amines) is 1. The molecule has 156 valence electrons. The van der Waals surface area contributed by atoms with Gasteiger partial charge in [-0.3, -0.25) is 9.69 Å². The Labute approximate surface area is 170 Å². The van der Waals surface area contributed by atoms with Crippen LogP contribution in [0.3, 0.4) is 0 Å². The van der Waals surface area contributed by atoms with Gasteiger partial charge in [-0.15, -0.1) is 13.2 Å². The number of rotatable bonds is 5. The van der Waals surface area contributed by atoms with Crippen LogP contribution in [0.1, 0.15) is 34.8 Å². The van der Waals surface area contributed by atoms with E-state index < -0.39 is 18.0 Å². The number of carbonyl (C=O) groups excluding carboxylic acids is 1. The van der Waals surface area contributed by atoms with Crippen molar-refractivity contribution >= 4 is 17.5 Å². The van der Waals surface area contributed by atoms with Crippen molar-refractivity contribution < 1.29 is 27.4 Å². The summed E-state index contributed by atoms with van der Waals surface area (Å²) in [4.78, 5) is 14.3. The minimum Gasteiger partial charge on any atom is -0.618 e. The molecule has 1 aliphatic heterocycles. The minimum absolute atomic E-state index is 0.135. The molecule has 10 heteroatoms. The van der Waals surface area contributed by atoms with Crippen molar-refractivity contribution in [1.29, 1.82) is 0 Å². The maximum absolute atomic E-state index is 12.3. The molecule has 1 aromatic heterocycles. The second kappa shape index (κ2) is 8.87. The maximum Gasteiger partial charge on any atom is 0.573 e. The zero-order valence-corrected chi connectivity index (χ0v) is 16.0. The first-order valence-electron chi connectivity index (χ1n) is 8.97. The molecule has 1 aliphatic rings. The van der Waals surface area contributed by atoms with Gasteiger partial charge in [-0.1, -0.05) is 17.7 Å². The number of ether oxygens (including phenoxy) is 1. The van der Waals surface area contributed by atoms with Crippen LogP contribution in [0.4, 0.5) is 13.2 Å². The monoisotopic (exact) mass is 429 g/mol. The number of nitrogens with one attached hydrogen (secondary N) is 1. The lowest BCUT2D eigenvalue weighted by atomic mass is 9.93. The van der Waals surface area contributed by atoms with Crippen LogP contribution in [0.2, 0.25) is 5.02 Å². The quantitative estimate of drug-likeness (QED) is 0.584. The highest BCUT2D eigenvalue weighted by atomic mass is 35.5. The highest BCUT2D eigenvalue weighted by Crippen LogP contribution is 2.30. The molecule has 2 heterocycles. The van der Waals surface area contributed by atoms with E-state index in [4.69, 9.17) is 11.6 Å². The van der Waals surface area contributed by atoms with E-state index >= 15 is 0 Å². The fourth-order valence-electron chi connectivity index (χ4n) is 3.28. The fraction of sp³-hybridized carbons (Fsp3) is 0.368. The summed E-state index contributed by atoms with van der Waals surface area (Å²) in [5.74, 6) is -0.844. The molecule has 1 saturated heterocycles. The first kappa shape index (κ1) is 21.2. The van der Waals surface area contributed by atoms with Crippen LogP contribution in [0, 0.1) is 5.21 Å². The van der Waals surface area contributed by atoms with Crippen molar-refractivity contribution in [3.8, 4) is 5.75 Å². The van der Waals surface area contributed by atoms with Crippen molar-refractivity contribution in [1.82, 2.24) is 10.2 Å². The summed E-state index contributed by atoms with van der Waals surface area (Å²) in [5, 5.41) is 14.3. The molecule has 3 rings (SSSR count). The lowest BCUT2D eigenvalue weighted by molar-refractivity contribution is -0.616. The summed E-state index contributed by atoms with van der Waals surface area (Å²) in [7, 11) is 0. The summed E-state index contributed by atoms with van der Waals surface area (Å²) in [5.41, 5.74) is 0.878. The SMILES string of the molecule is O=C(NCN1CCC(c2cccc[n+]2[O-])CC1)c1ccc(OC(F)(F)F)c(Cl)c1. The molecule has 0 bridgehead atoms. The number of pyridine rings is 1. The van der Waals surface area contributed by atoms with Crippen LogP contribution >= 0.6 is 11.6 Å². The number of benzene rings is 1. The topological polar surface area (TPSA) is 68.5 Å². The standard InChI is InChI=1S/C19H19ClF3N3O3/c20-15-11-14(4-5-17(15)29-19(21,22)23)18(27)24-12-25-9-6-13(7-10-25)16-3-1-2-8-26(16)28/h1-5,8,11,13H,6-7,9-10,12H2,(H,24,27). The van der Waals surface area contributed by atoms with Gasteiger partial charge in [-0.2, -0.15) is 4.73 Å². The highest BCUT2D eigenvalue weighted by molar-refractivity contribution is 6.32. The van der Waals surface area contributed by atoms with Crippen molar-refractivity contribution in [2.24, 2.45) is 0 Å². The minimum atomic E-state index is -4.86. The molecule has 6 nitrogen and oxygen atoms in total. The Morgan fingerprint density at radius 1 is 1.28 bits per heavy atom. The van der Waals surface area contributed by atoms with Crippen molar-refractivity contribution in [2.75, 3.05) is 19.8 Å². The van der Waals surface area contributed by atoms with Crippen molar-refractivity contribution in [3.63, 3.8) is 0 Å². The number of nitrogens with zero attached hydrogens (tertiary/aromatic N) is 2. The second-order valence-corrected chi connectivity index (χ2v) is 7.11. The van der Waals surface area contributed by atoms with E-state index in [1.807, 2.05) is 17.0 Å². The molecule has 0 spiro atoms. The van der Waals surface area contributed by atoms with Crippen LogP contribution in [0.5, 0.6) is 5.75 Å². The largest absolute Gasteiger partial charge is 0.618 e. The van der Waals surface area contributed by atoms with E-state index in [-0.39, 0.29) is 23.2 Å². The van der Waals surface area contributed by atoms with Gasteiger partial charge >= 0.3 is 6.36 Å². The van der Waals surface area contributed by atoms with E-state index in [9.17, 15) is 23.2 Å². The number of carbonyl (C=O) groups is 1. The van der Waals surface area contributed by atoms with Gasteiger partial charge in [0.15, 0.2) is 11.9 Å². The third-order valence-corrected chi connectivity index (χ3v) is 5.04. The van der Waals surface area contributed by atoms with Gasteiger partial charge in [0.25, 0.3) is 5.91 Å². The molecule has 1 amide bonds. The number of aromatic nitrogens is 1. The van der Waals surface area contributed by atoms with Crippen LogP contribution in [-0.4, -0.2) is 36.9 Å². The lowest BCUT2D eigenvalue weighted by Gasteiger charge is -2.31. The Morgan fingerprint density at radius 2 is 2.00 bits per heavy atom. The van der Waals surface area contributed by atoms with Gasteiger partial charge in [-0.25, -0.2) is 0 Å². The Morgan fingerprint density at radius 3 is 2.62 bits per heavy atom. The summed E-state index contributed by atoms with van der Waals surface area (Å²) in [6.07, 6.45) is -1.79. The molecule has 0 radical (unpaired) electrons. The molecule has 2 aromatic rings. The van der Waals surface area contributed by atoms with Crippen molar-refractivity contribution in [3.05, 3.63) is 64.1 Å². The number of hydrogen-bond donors (Lipinski definition) is 1. The molecule has 0 saturated carbocycles. The Bertz CT molecular complexity index is 871. The highest BCUT2D eigenvalue weighted by Gasteiger charge is 2.32.